The van der Waals surface area contributed by atoms with Gasteiger partial charge in [-0.2, -0.15) is 5.26 Å². The highest BCUT2D eigenvalue weighted by Crippen LogP contribution is 2.25. The molecule has 1 heterocycles. The Kier molecular flexibility index (Phi) is 6.11. The first-order chi connectivity index (χ1) is 13.4. The summed E-state index contributed by atoms with van der Waals surface area (Å²) in [6.45, 7) is 0. The molecular weight excluding hydrogens is 385 g/mol. The third-order valence-corrected chi connectivity index (χ3v) is 6.10. The lowest BCUT2D eigenvalue weighted by atomic mass is 9.94. The molecule has 0 unspecified atom stereocenters. The predicted octanol–water partition coefficient (Wildman–Crippen LogP) is 2.77. The van der Waals surface area contributed by atoms with Gasteiger partial charge in [0.1, 0.15) is 12.2 Å². The molecule has 0 saturated heterocycles. The number of sulfonamides is 1. The molecule has 1 aromatic heterocycles. The molecule has 148 valence electrons. The second-order valence-electron chi connectivity index (χ2n) is 6.51. The van der Waals surface area contributed by atoms with Crippen molar-refractivity contribution in [2.45, 2.75) is 42.7 Å². The molecule has 0 spiro atoms. The van der Waals surface area contributed by atoms with Crippen molar-refractivity contribution in [3.05, 3.63) is 47.9 Å². The number of aromatic nitrogens is 1. The highest BCUT2D eigenvalue weighted by Gasteiger charge is 2.27. The van der Waals surface area contributed by atoms with E-state index in [0.29, 0.717) is 37.1 Å². The van der Waals surface area contributed by atoms with E-state index < -0.39 is 15.8 Å². The van der Waals surface area contributed by atoms with Crippen LogP contribution in [0.1, 0.15) is 31.2 Å². The summed E-state index contributed by atoms with van der Waals surface area (Å²) in [5.41, 5.74) is 0.459. The zero-order chi connectivity index (χ0) is 20.1. The molecule has 1 aliphatic rings. The van der Waals surface area contributed by atoms with Gasteiger partial charge in [0.2, 0.25) is 15.9 Å². The number of nitrogens with zero attached hydrogens (tertiary/aromatic N) is 2. The van der Waals surface area contributed by atoms with Crippen LogP contribution in [0.15, 0.2) is 41.4 Å². The van der Waals surface area contributed by atoms with Crippen LogP contribution >= 0.6 is 0 Å². The van der Waals surface area contributed by atoms with Crippen LogP contribution in [0.4, 0.5) is 4.39 Å². The summed E-state index contributed by atoms with van der Waals surface area (Å²) >= 11 is 0. The van der Waals surface area contributed by atoms with E-state index in [4.69, 9.17) is 14.7 Å². The second-order valence-corrected chi connectivity index (χ2v) is 8.22. The molecule has 1 N–H and O–H groups in total. The van der Waals surface area contributed by atoms with Crippen molar-refractivity contribution in [1.29, 1.82) is 5.26 Å². The number of methoxy groups -OCH3 is 1. The summed E-state index contributed by atoms with van der Waals surface area (Å²) in [5, 5.41) is 8.78. The van der Waals surface area contributed by atoms with Crippen LogP contribution in [0, 0.1) is 17.1 Å². The van der Waals surface area contributed by atoms with Crippen molar-refractivity contribution in [3.63, 3.8) is 0 Å². The molecule has 0 radical (unpaired) electrons. The quantitative estimate of drug-likeness (QED) is 0.793. The Bertz CT molecular complexity index is 966. The van der Waals surface area contributed by atoms with Crippen molar-refractivity contribution in [2.24, 2.45) is 0 Å². The average Bonchev–Trinajstić information content (AvgIpc) is 2.70. The molecule has 28 heavy (non-hydrogen) atoms. The van der Waals surface area contributed by atoms with Crippen LogP contribution in [0.5, 0.6) is 11.6 Å². The third kappa shape index (κ3) is 4.77. The number of nitrogens with one attached hydrogen (secondary N) is 1. The van der Waals surface area contributed by atoms with Crippen LogP contribution in [0.2, 0.25) is 0 Å². The number of ether oxygens (including phenoxy) is 2. The lowest BCUT2D eigenvalue weighted by molar-refractivity contribution is 0.138. The molecule has 1 fully saturated rings. The molecule has 1 aromatic carbocycles. The van der Waals surface area contributed by atoms with E-state index in [-0.39, 0.29) is 22.8 Å². The first kappa shape index (κ1) is 20.0. The minimum Gasteiger partial charge on any atom is -0.494 e. The number of benzene rings is 1. The minimum absolute atomic E-state index is 0.00646. The van der Waals surface area contributed by atoms with Gasteiger partial charge in [-0.25, -0.2) is 22.5 Å². The van der Waals surface area contributed by atoms with Crippen LogP contribution in [-0.4, -0.2) is 32.7 Å². The maximum Gasteiger partial charge on any atom is 0.240 e. The SMILES string of the molecule is COc1ccc(S(=O)(=O)NC2CCC(Oc3ccc(C#N)cn3)CC2)cc1F. The lowest BCUT2D eigenvalue weighted by Gasteiger charge is -2.29. The van der Waals surface area contributed by atoms with Crippen molar-refractivity contribution in [2.75, 3.05) is 7.11 Å². The highest BCUT2D eigenvalue weighted by atomic mass is 32.2. The molecule has 9 heteroatoms. The van der Waals surface area contributed by atoms with Gasteiger partial charge in [0.15, 0.2) is 11.6 Å². The van der Waals surface area contributed by atoms with Crippen LogP contribution in [-0.2, 0) is 10.0 Å². The van der Waals surface area contributed by atoms with E-state index in [2.05, 4.69) is 9.71 Å². The number of nitriles is 1. The van der Waals surface area contributed by atoms with Crippen LogP contribution in [0.3, 0.4) is 0 Å². The van der Waals surface area contributed by atoms with Gasteiger partial charge in [0.25, 0.3) is 0 Å². The standard InChI is InChI=1S/C19H20FN3O4S/c1-26-18-8-7-16(10-17(18)20)28(24,25)23-14-3-5-15(6-4-14)27-19-9-2-13(11-21)12-22-19/h2,7-10,12,14-15,23H,3-6H2,1H3. The fourth-order valence-corrected chi connectivity index (χ4v) is 4.40. The predicted molar refractivity (Wildman–Crippen MR) is 98.9 cm³/mol. The zero-order valence-corrected chi connectivity index (χ0v) is 16.1. The first-order valence-electron chi connectivity index (χ1n) is 8.80. The van der Waals surface area contributed by atoms with Gasteiger partial charge < -0.3 is 9.47 Å². The molecule has 1 saturated carbocycles. The van der Waals surface area contributed by atoms with Gasteiger partial charge in [0, 0.05) is 18.3 Å². The molecule has 3 rings (SSSR count). The van der Waals surface area contributed by atoms with Gasteiger partial charge in [-0.15, -0.1) is 0 Å². The normalized spacial score (nSPS) is 19.6. The lowest BCUT2D eigenvalue weighted by Crippen LogP contribution is -2.39. The summed E-state index contributed by atoms with van der Waals surface area (Å²) in [6, 6.07) is 8.58. The summed E-state index contributed by atoms with van der Waals surface area (Å²) in [5.74, 6) is -0.290. The summed E-state index contributed by atoms with van der Waals surface area (Å²) in [7, 11) is -2.50. The van der Waals surface area contributed by atoms with Crippen LogP contribution < -0.4 is 14.2 Å². The smallest absolute Gasteiger partial charge is 0.240 e. The molecule has 7 nitrogen and oxygen atoms in total. The molecule has 2 aromatic rings. The van der Waals surface area contributed by atoms with E-state index in [1.807, 2.05) is 6.07 Å². The summed E-state index contributed by atoms with van der Waals surface area (Å²) < 4.78 is 52.0. The van der Waals surface area contributed by atoms with E-state index in [0.717, 1.165) is 6.07 Å². The Morgan fingerprint density at radius 2 is 1.96 bits per heavy atom. The van der Waals surface area contributed by atoms with Gasteiger partial charge in [-0.3, -0.25) is 0 Å². The van der Waals surface area contributed by atoms with Gasteiger partial charge in [-0.1, -0.05) is 0 Å². The summed E-state index contributed by atoms with van der Waals surface area (Å²) in [6.07, 6.45) is 3.89. The van der Waals surface area contributed by atoms with Crippen molar-refractivity contribution < 1.29 is 22.3 Å². The molecule has 0 amide bonds. The van der Waals surface area contributed by atoms with Gasteiger partial charge in [0.05, 0.1) is 17.6 Å². The monoisotopic (exact) mass is 405 g/mol. The molecular formula is C19H20FN3O4S. The Labute approximate surface area is 163 Å². The summed E-state index contributed by atoms with van der Waals surface area (Å²) in [4.78, 5) is 3.95. The number of hydrogen-bond acceptors (Lipinski definition) is 6. The van der Waals surface area contributed by atoms with E-state index in [1.165, 1.54) is 25.4 Å². The molecule has 0 aliphatic heterocycles. The zero-order valence-electron chi connectivity index (χ0n) is 15.3. The Hall–Kier alpha value is -2.70. The highest BCUT2D eigenvalue weighted by molar-refractivity contribution is 7.89. The van der Waals surface area contributed by atoms with Crippen LogP contribution in [0.25, 0.3) is 0 Å². The fraction of sp³-hybridized carbons (Fsp3) is 0.368. The Morgan fingerprint density at radius 1 is 1.21 bits per heavy atom. The molecule has 0 bridgehead atoms. The Balaban J connectivity index is 1.55. The minimum atomic E-state index is -3.82. The maximum atomic E-state index is 13.8. The second kappa shape index (κ2) is 8.54. The fourth-order valence-electron chi connectivity index (χ4n) is 3.09. The third-order valence-electron chi connectivity index (χ3n) is 4.58. The van der Waals surface area contributed by atoms with Gasteiger partial charge in [-0.05, 0) is 49.9 Å². The number of halogens is 1. The topological polar surface area (TPSA) is 101 Å². The number of rotatable bonds is 6. The number of hydrogen-bond donors (Lipinski definition) is 1. The Morgan fingerprint density at radius 3 is 2.54 bits per heavy atom. The molecule has 1 aliphatic carbocycles. The maximum absolute atomic E-state index is 13.8. The van der Waals surface area contributed by atoms with Crippen molar-refractivity contribution >= 4 is 10.0 Å². The van der Waals surface area contributed by atoms with E-state index >= 15 is 0 Å². The van der Waals surface area contributed by atoms with E-state index in [1.54, 1.807) is 12.1 Å². The average molecular weight is 405 g/mol. The van der Waals surface area contributed by atoms with Crippen molar-refractivity contribution in [1.82, 2.24) is 9.71 Å². The first-order valence-corrected chi connectivity index (χ1v) is 10.3. The van der Waals surface area contributed by atoms with E-state index in [9.17, 15) is 12.8 Å². The molecule has 0 atom stereocenters. The van der Waals surface area contributed by atoms with Crippen molar-refractivity contribution in [3.8, 4) is 17.7 Å². The largest absolute Gasteiger partial charge is 0.494 e. The number of pyridine rings is 1. The van der Waals surface area contributed by atoms with Gasteiger partial charge >= 0.3 is 0 Å².